The molecule has 0 bridgehead atoms. The Bertz CT molecular complexity index is 674. The van der Waals surface area contributed by atoms with E-state index in [2.05, 4.69) is 10.00 Å². The number of benzene rings is 1. The summed E-state index contributed by atoms with van der Waals surface area (Å²) < 4.78 is 14.4. The van der Waals surface area contributed by atoms with Crippen molar-refractivity contribution in [3.8, 4) is 0 Å². The molecule has 0 saturated heterocycles. The number of hydrogen-bond acceptors (Lipinski definition) is 5. The second kappa shape index (κ2) is 7.98. The lowest BCUT2D eigenvalue weighted by Crippen LogP contribution is -2.36. The van der Waals surface area contributed by atoms with Crippen molar-refractivity contribution in [2.45, 2.75) is 32.5 Å². The van der Waals surface area contributed by atoms with Gasteiger partial charge in [-0.15, -0.1) is 0 Å². The number of aliphatic hydroxyl groups is 1. The summed E-state index contributed by atoms with van der Waals surface area (Å²) in [5, 5.41) is 24.8. The lowest BCUT2D eigenvalue weighted by molar-refractivity contribution is -0.385. The average molecular weight is 336 g/mol. The number of halogens is 1. The zero-order chi connectivity index (χ0) is 17.7. The fraction of sp³-hybridized carbons (Fsp3) is 0.438. The standard InChI is InChI=1S/C16H21FN4O3/c1-3-19(12(2)13-4-6-14(17)7-5-13)10-16(22)11-20-9-15(8-18-20)21(23)24/h4-9,12,16,22H,3,10-11H2,1-2H3. The van der Waals surface area contributed by atoms with E-state index in [9.17, 15) is 19.6 Å². The summed E-state index contributed by atoms with van der Waals surface area (Å²) in [6.45, 7) is 5.21. The van der Waals surface area contributed by atoms with E-state index in [-0.39, 0.29) is 24.1 Å². The van der Waals surface area contributed by atoms with Gasteiger partial charge in [-0.05, 0) is 31.2 Å². The van der Waals surface area contributed by atoms with Crippen molar-refractivity contribution in [1.29, 1.82) is 0 Å². The zero-order valence-corrected chi connectivity index (χ0v) is 13.7. The molecule has 0 radical (unpaired) electrons. The predicted molar refractivity (Wildman–Crippen MR) is 87.0 cm³/mol. The molecule has 1 heterocycles. The molecular formula is C16H21FN4O3. The molecule has 0 aliphatic carbocycles. The highest BCUT2D eigenvalue weighted by molar-refractivity contribution is 5.21. The second-order valence-electron chi connectivity index (χ2n) is 5.65. The Balaban J connectivity index is 1.97. The van der Waals surface area contributed by atoms with Gasteiger partial charge in [0.2, 0.25) is 0 Å². The maximum atomic E-state index is 13.0. The third kappa shape index (κ3) is 4.59. The van der Waals surface area contributed by atoms with E-state index < -0.39 is 11.0 Å². The number of nitro groups is 1. The van der Waals surface area contributed by atoms with Crippen molar-refractivity contribution >= 4 is 5.69 Å². The maximum absolute atomic E-state index is 13.0. The molecule has 0 saturated carbocycles. The first-order chi connectivity index (χ1) is 11.4. The highest BCUT2D eigenvalue weighted by atomic mass is 19.1. The lowest BCUT2D eigenvalue weighted by atomic mass is 10.1. The van der Waals surface area contributed by atoms with Crippen LogP contribution in [0.1, 0.15) is 25.5 Å². The van der Waals surface area contributed by atoms with Crippen LogP contribution in [-0.4, -0.2) is 43.9 Å². The molecule has 0 amide bonds. The van der Waals surface area contributed by atoms with E-state index in [1.807, 2.05) is 13.8 Å². The van der Waals surface area contributed by atoms with Gasteiger partial charge < -0.3 is 5.11 Å². The third-order valence-electron chi connectivity index (χ3n) is 3.98. The predicted octanol–water partition coefficient (Wildman–Crippen LogP) is 2.37. The van der Waals surface area contributed by atoms with Gasteiger partial charge in [-0.1, -0.05) is 19.1 Å². The van der Waals surface area contributed by atoms with Gasteiger partial charge >= 0.3 is 5.69 Å². The second-order valence-corrected chi connectivity index (χ2v) is 5.65. The molecule has 1 aromatic carbocycles. The molecular weight excluding hydrogens is 315 g/mol. The van der Waals surface area contributed by atoms with E-state index in [0.717, 1.165) is 11.8 Å². The lowest BCUT2D eigenvalue weighted by Gasteiger charge is -2.30. The number of likely N-dealkylation sites (N-methyl/N-ethyl adjacent to an activating group) is 1. The summed E-state index contributed by atoms with van der Waals surface area (Å²) in [6.07, 6.45) is 1.72. The van der Waals surface area contributed by atoms with Crippen LogP contribution in [-0.2, 0) is 6.54 Å². The molecule has 2 unspecified atom stereocenters. The molecule has 8 heteroatoms. The number of aromatic nitrogens is 2. The fourth-order valence-corrected chi connectivity index (χ4v) is 2.60. The van der Waals surface area contributed by atoms with Crippen molar-refractivity contribution in [2.75, 3.05) is 13.1 Å². The molecule has 1 N–H and O–H groups in total. The Kier molecular flexibility index (Phi) is 5.99. The molecule has 1 aromatic heterocycles. The van der Waals surface area contributed by atoms with Gasteiger partial charge in [0.1, 0.15) is 18.2 Å². The first-order valence-electron chi connectivity index (χ1n) is 7.75. The van der Waals surface area contributed by atoms with Crippen molar-refractivity contribution < 1.29 is 14.4 Å². The van der Waals surface area contributed by atoms with Gasteiger partial charge in [0.15, 0.2) is 0 Å². The summed E-state index contributed by atoms with van der Waals surface area (Å²) in [4.78, 5) is 12.2. The van der Waals surface area contributed by atoms with Crippen LogP contribution >= 0.6 is 0 Å². The average Bonchev–Trinajstić information content (AvgIpc) is 3.01. The Morgan fingerprint density at radius 3 is 2.62 bits per heavy atom. The fourth-order valence-electron chi connectivity index (χ4n) is 2.60. The maximum Gasteiger partial charge on any atom is 0.306 e. The summed E-state index contributed by atoms with van der Waals surface area (Å²) in [5.74, 6) is -0.283. The monoisotopic (exact) mass is 336 g/mol. The normalized spacial score (nSPS) is 13.9. The van der Waals surface area contributed by atoms with E-state index >= 15 is 0 Å². The molecule has 0 aliphatic heterocycles. The topological polar surface area (TPSA) is 84.4 Å². The molecule has 0 spiro atoms. The van der Waals surface area contributed by atoms with Crippen LogP contribution in [0.3, 0.4) is 0 Å². The summed E-state index contributed by atoms with van der Waals surface area (Å²) in [7, 11) is 0. The number of aliphatic hydroxyl groups excluding tert-OH is 1. The van der Waals surface area contributed by atoms with Crippen molar-refractivity contribution in [3.63, 3.8) is 0 Å². The van der Waals surface area contributed by atoms with Crippen LogP contribution in [0.25, 0.3) is 0 Å². The van der Waals surface area contributed by atoms with Crippen LogP contribution in [0.5, 0.6) is 0 Å². The number of nitrogens with zero attached hydrogens (tertiary/aromatic N) is 4. The van der Waals surface area contributed by atoms with Crippen LogP contribution in [0.2, 0.25) is 0 Å². The van der Waals surface area contributed by atoms with Gasteiger partial charge in [-0.3, -0.25) is 19.7 Å². The molecule has 2 atom stereocenters. The number of hydrogen-bond donors (Lipinski definition) is 1. The van der Waals surface area contributed by atoms with Crippen molar-refractivity contribution in [1.82, 2.24) is 14.7 Å². The largest absolute Gasteiger partial charge is 0.390 e. The van der Waals surface area contributed by atoms with E-state index in [1.54, 1.807) is 12.1 Å². The van der Waals surface area contributed by atoms with Gasteiger partial charge in [0, 0.05) is 12.6 Å². The van der Waals surface area contributed by atoms with Crippen molar-refractivity contribution in [3.05, 3.63) is 58.2 Å². The van der Waals surface area contributed by atoms with E-state index in [1.165, 1.54) is 23.0 Å². The Labute approximate surface area is 139 Å². The molecule has 2 rings (SSSR count). The van der Waals surface area contributed by atoms with E-state index in [4.69, 9.17) is 0 Å². The number of rotatable bonds is 8. The Morgan fingerprint density at radius 1 is 1.42 bits per heavy atom. The van der Waals surface area contributed by atoms with Crippen LogP contribution in [0.15, 0.2) is 36.7 Å². The van der Waals surface area contributed by atoms with Gasteiger partial charge in [0.25, 0.3) is 0 Å². The minimum absolute atomic E-state index is 0.0113. The summed E-state index contributed by atoms with van der Waals surface area (Å²) in [5.41, 5.74) is 0.856. The molecule has 130 valence electrons. The van der Waals surface area contributed by atoms with E-state index in [0.29, 0.717) is 13.1 Å². The molecule has 0 fully saturated rings. The molecule has 24 heavy (non-hydrogen) atoms. The van der Waals surface area contributed by atoms with Gasteiger partial charge in [-0.2, -0.15) is 5.10 Å². The Morgan fingerprint density at radius 2 is 2.08 bits per heavy atom. The minimum atomic E-state index is -0.729. The zero-order valence-electron chi connectivity index (χ0n) is 13.7. The smallest absolute Gasteiger partial charge is 0.306 e. The molecule has 2 aromatic rings. The minimum Gasteiger partial charge on any atom is -0.390 e. The van der Waals surface area contributed by atoms with Gasteiger partial charge in [0.05, 0.1) is 17.6 Å². The summed E-state index contributed by atoms with van der Waals surface area (Å²) in [6, 6.07) is 6.30. The first kappa shape index (κ1) is 18.0. The first-order valence-corrected chi connectivity index (χ1v) is 7.75. The highest BCUT2D eigenvalue weighted by Crippen LogP contribution is 2.20. The highest BCUT2D eigenvalue weighted by Gasteiger charge is 2.19. The molecule has 0 aliphatic rings. The summed E-state index contributed by atoms with van der Waals surface area (Å²) >= 11 is 0. The Hall–Kier alpha value is -2.32. The van der Waals surface area contributed by atoms with Crippen LogP contribution in [0.4, 0.5) is 10.1 Å². The quantitative estimate of drug-likeness (QED) is 0.591. The molecule has 7 nitrogen and oxygen atoms in total. The van der Waals surface area contributed by atoms with Gasteiger partial charge in [-0.25, -0.2) is 4.39 Å². The van der Waals surface area contributed by atoms with Crippen molar-refractivity contribution in [2.24, 2.45) is 0 Å². The van der Waals surface area contributed by atoms with Crippen LogP contribution < -0.4 is 0 Å². The van der Waals surface area contributed by atoms with Crippen LogP contribution in [0, 0.1) is 15.9 Å². The third-order valence-corrected chi connectivity index (χ3v) is 3.98. The SMILES string of the molecule is CCN(CC(O)Cn1cc([N+](=O)[O-])cn1)C(C)c1ccc(F)cc1.